The average molecular weight is 239 g/mol. The molecule has 0 atom stereocenters. The Labute approximate surface area is 105 Å². The number of rotatable bonds is 2. The number of benzene rings is 1. The van der Waals surface area contributed by atoms with Gasteiger partial charge in [0.15, 0.2) is 0 Å². The number of allylic oxidation sites excluding steroid dienone is 1. The quantitative estimate of drug-likeness (QED) is 0.868. The van der Waals surface area contributed by atoms with E-state index in [0.29, 0.717) is 5.56 Å². The lowest BCUT2D eigenvalue weighted by Gasteiger charge is -2.17. The Hall–Kier alpha value is -2.36. The number of primary amides is 1. The van der Waals surface area contributed by atoms with Crippen LogP contribution in [0.15, 0.2) is 42.9 Å². The highest BCUT2D eigenvalue weighted by atomic mass is 16.1. The predicted molar refractivity (Wildman–Crippen MR) is 68.9 cm³/mol. The van der Waals surface area contributed by atoms with Crippen molar-refractivity contribution in [3.8, 4) is 0 Å². The van der Waals surface area contributed by atoms with Crippen molar-refractivity contribution in [2.45, 2.75) is 13.0 Å². The van der Waals surface area contributed by atoms with Gasteiger partial charge < -0.3 is 10.3 Å². The zero-order valence-corrected chi connectivity index (χ0v) is 9.84. The van der Waals surface area contributed by atoms with Gasteiger partial charge in [-0.15, -0.1) is 0 Å². The third-order valence-corrected chi connectivity index (χ3v) is 3.19. The van der Waals surface area contributed by atoms with Gasteiger partial charge in [-0.05, 0) is 18.1 Å². The second-order valence-corrected chi connectivity index (χ2v) is 4.29. The molecule has 4 nitrogen and oxygen atoms in total. The number of nitrogens with zero attached hydrogens (tertiary/aromatic N) is 2. The second kappa shape index (κ2) is 4.14. The standard InChI is InChI=1S/C14H13N3O/c15-14(18)12-5-2-1-4-10(12)11-6-3-7-17-9-16-8-13(11)17/h1-2,4-6,8-9H,3,7H2,(H2,15,18). The van der Waals surface area contributed by atoms with Gasteiger partial charge in [0.1, 0.15) is 0 Å². The Bertz CT molecular complexity index is 640. The van der Waals surface area contributed by atoms with Crippen LogP contribution in [0.25, 0.3) is 5.57 Å². The summed E-state index contributed by atoms with van der Waals surface area (Å²) in [6, 6.07) is 7.42. The van der Waals surface area contributed by atoms with Gasteiger partial charge in [-0.25, -0.2) is 4.98 Å². The van der Waals surface area contributed by atoms with Gasteiger partial charge in [0.05, 0.1) is 18.2 Å². The molecule has 0 saturated heterocycles. The summed E-state index contributed by atoms with van der Waals surface area (Å²) >= 11 is 0. The summed E-state index contributed by atoms with van der Waals surface area (Å²) in [5, 5.41) is 0. The summed E-state index contributed by atoms with van der Waals surface area (Å²) in [4.78, 5) is 15.6. The van der Waals surface area contributed by atoms with Crippen LogP contribution in [0.1, 0.15) is 28.0 Å². The maximum Gasteiger partial charge on any atom is 0.249 e. The summed E-state index contributed by atoms with van der Waals surface area (Å²) in [6.45, 7) is 0.928. The summed E-state index contributed by atoms with van der Waals surface area (Å²) in [6.07, 6.45) is 6.71. The van der Waals surface area contributed by atoms with E-state index in [-0.39, 0.29) is 0 Å². The van der Waals surface area contributed by atoms with Crippen LogP contribution in [0.4, 0.5) is 0 Å². The fourth-order valence-corrected chi connectivity index (χ4v) is 2.36. The minimum Gasteiger partial charge on any atom is -0.366 e. The number of aromatic nitrogens is 2. The first-order valence-electron chi connectivity index (χ1n) is 5.87. The molecular weight excluding hydrogens is 226 g/mol. The largest absolute Gasteiger partial charge is 0.366 e. The first-order valence-corrected chi connectivity index (χ1v) is 5.87. The van der Waals surface area contributed by atoms with Crippen LogP contribution in [0.2, 0.25) is 0 Å². The van der Waals surface area contributed by atoms with Gasteiger partial charge in [-0.1, -0.05) is 24.3 Å². The fourth-order valence-electron chi connectivity index (χ4n) is 2.36. The highest BCUT2D eigenvalue weighted by Gasteiger charge is 2.18. The van der Waals surface area contributed by atoms with Crippen molar-refractivity contribution < 1.29 is 4.79 Å². The number of carbonyl (C=O) groups excluding carboxylic acids is 1. The highest BCUT2D eigenvalue weighted by Crippen LogP contribution is 2.29. The number of carbonyl (C=O) groups is 1. The van der Waals surface area contributed by atoms with E-state index in [9.17, 15) is 4.79 Å². The van der Waals surface area contributed by atoms with Crippen molar-refractivity contribution in [1.82, 2.24) is 9.55 Å². The topological polar surface area (TPSA) is 60.9 Å². The molecule has 0 fully saturated rings. The maximum absolute atomic E-state index is 11.5. The van der Waals surface area contributed by atoms with Crippen LogP contribution in [0.5, 0.6) is 0 Å². The molecule has 1 aliphatic rings. The van der Waals surface area contributed by atoms with E-state index in [1.165, 1.54) is 0 Å². The van der Waals surface area contributed by atoms with E-state index in [0.717, 1.165) is 29.8 Å². The Morgan fingerprint density at radius 2 is 2.17 bits per heavy atom. The Morgan fingerprint density at radius 3 is 3.00 bits per heavy atom. The summed E-state index contributed by atoms with van der Waals surface area (Å²) < 4.78 is 2.09. The van der Waals surface area contributed by atoms with E-state index in [2.05, 4.69) is 15.6 Å². The lowest BCUT2D eigenvalue weighted by Crippen LogP contribution is -2.15. The van der Waals surface area contributed by atoms with Crippen molar-refractivity contribution in [3.05, 3.63) is 59.7 Å². The molecule has 1 aromatic carbocycles. The van der Waals surface area contributed by atoms with Crippen molar-refractivity contribution >= 4 is 11.5 Å². The molecular formula is C14H13N3O. The number of imidazole rings is 1. The first kappa shape index (κ1) is 10.8. The van der Waals surface area contributed by atoms with E-state index in [1.54, 1.807) is 6.07 Å². The molecule has 0 spiro atoms. The number of amides is 1. The summed E-state index contributed by atoms with van der Waals surface area (Å²) in [5.41, 5.74) is 8.94. The van der Waals surface area contributed by atoms with Crippen LogP contribution >= 0.6 is 0 Å². The van der Waals surface area contributed by atoms with Crippen LogP contribution in [-0.2, 0) is 6.54 Å². The molecule has 2 aromatic rings. The number of hydrogen-bond donors (Lipinski definition) is 1. The lowest BCUT2D eigenvalue weighted by atomic mass is 9.95. The van der Waals surface area contributed by atoms with Crippen LogP contribution in [-0.4, -0.2) is 15.5 Å². The molecule has 4 heteroatoms. The lowest BCUT2D eigenvalue weighted by molar-refractivity contribution is 0.1000. The zero-order valence-electron chi connectivity index (χ0n) is 9.84. The SMILES string of the molecule is NC(=O)c1ccccc1C1=CCCn2cncc21. The Kier molecular flexibility index (Phi) is 2.48. The molecule has 0 saturated carbocycles. The van der Waals surface area contributed by atoms with Gasteiger partial charge in [0.2, 0.25) is 5.91 Å². The fraction of sp³-hybridized carbons (Fsp3) is 0.143. The molecule has 0 aliphatic carbocycles. The Balaban J connectivity index is 2.17. The van der Waals surface area contributed by atoms with Gasteiger partial charge in [0, 0.05) is 17.7 Å². The molecule has 1 aromatic heterocycles. The molecule has 2 heterocycles. The molecule has 0 radical (unpaired) electrons. The van der Waals surface area contributed by atoms with E-state index in [1.807, 2.05) is 30.7 Å². The molecule has 1 aliphatic heterocycles. The smallest absolute Gasteiger partial charge is 0.249 e. The number of fused-ring (bicyclic) bond motifs is 1. The van der Waals surface area contributed by atoms with Crippen molar-refractivity contribution in [2.75, 3.05) is 0 Å². The monoisotopic (exact) mass is 239 g/mol. The van der Waals surface area contributed by atoms with Crippen molar-refractivity contribution in [1.29, 1.82) is 0 Å². The van der Waals surface area contributed by atoms with Crippen LogP contribution < -0.4 is 5.73 Å². The highest BCUT2D eigenvalue weighted by molar-refractivity contribution is 5.99. The minimum absolute atomic E-state index is 0.400. The molecule has 0 unspecified atom stereocenters. The summed E-state index contributed by atoms with van der Waals surface area (Å²) in [5.74, 6) is -0.400. The normalized spacial score (nSPS) is 13.9. The molecule has 90 valence electrons. The molecule has 18 heavy (non-hydrogen) atoms. The molecule has 0 bridgehead atoms. The van der Waals surface area contributed by atoms with Gasteiger partial charge >= 0.3 is 0 Å². The maximum atomic E-state index is 11.5. The number of nitrogens with two attached hydrogens (primary N) is 1. The van der Waals surface area contributed by atoms with Crippen molar-refractivity contribution in [3.63, 3.8) is 0 Å². The van der Waals surface area contributed by atoms with Gasteiger partial charge in [-0.3, -0.25) is 4.79 Å². The third-order valence-electron chi connectivity index (χ3n) is 3.19. The first-order chi connectivity index (χ1) is 8.77. The molecule has 1 amide bonds. The third kappa shape index (κ3) is 1.62. The van der Waals surface area contributed by atoms with E-state index in [4.69, 9.17) is 5.73 Å². The van der Waals surface area contributed by atoms with Gasteiger partial charge in [-0.2, -0.15) is 0 Å². The Morgan fingerprint density at radius 1 is 1.33 bits per heavy atom. The zero-order chi connectivity index (χ0) is 12.5. The number of aryl methyl sites for hydroxylation is 1. The molecule has 3 rings (SSSR count). The van der Waals surface area contributed by atoms with Gasteiger partial charge in [0.25, 0.3) is 0 Å². The van der Waals surface area contributed by atoms with E-state index < -0.39 is 5.91 Å². The molecule has 2 N–H and O–H groups in total. The van der Waals surface area contributed by atoms with Crippen LogP contribution in [0, 0.1) is 0 Å². The minimum atomic E-state index is -0.400. The van der Waals surface area contributed by atoms with E-state index >= 15 is 0 Å². The second-order valence-electron chi connectivity index (χ2n) is 4.29. The summed E-state index contributed by atoms with van der Waals surface area (Å²) in [7, 11) is 0. The van der Waals surface area contributed by atoms with Crippen LogP contribution in [0.3, 0.4) is 0 Å². The van der Waals surface area contributed by atoms with Crippen molar-refractivity contribution in [2.24, 2.45) is 5.73 Å². The predicted octanol–water partition coefficient (Wildman–Crippen LogP) is 1.82. The number of hydrogen-bond acceptors (Lipinski definition) is 2. The average Bonchev–Trinajstić information content (AvgIpc) is 2.86.